The second-order valence-corrected chi connectivity index (χ2v) is 15.1. The predicted molar refractivity (Wildman–Crippen MR) is 168 cm³/mol. The molecule has 4 aliphatic rings. The molecule has 4 aliphatic carbocycles. The maximum atomic E-state index is 11.6. The quantitative estimate of drug-likeness (QED) is 0.138. The number of hydrogen-bond acceptors (Lipinski definition) is 6. The monoisotopic (exact) mass is 576 g/mol. The Morgan fingerprint density at radius 1 is 0.854 bits per heavy atom. The first-order valence-corrected chi connectivity index (χ1v) is 17.5. The number of hydrogen-bond donors (Lipinski definition) is 6. The van der Waals surface area contributed by atoms with Gasteiger partial charge in [-0.05, 0) is 169 Å². The van der Waals surface area contributed by atoms with Gasteiger partial charge in [-0.15, -0.1) is 0 Å². The van der Waals surface area contributed by atoms with E-state index in [1.54, 1.807) is 0 Å². The van der Waals surface area contributed by atoms with Crippen molar-refractivity contribution in [2.45, 2.75) is 123 Å². The standard InChI is InChI=1S/C34H64N4O3/c1-24(8-11-32(40)41)27-9-10-28-26-23-31(39)30-22-25(12-14-34(30,3)29(26)13-15-33(27,28)2)38-21-7-20-37-18-5-4-17-36-19-6-16-35/h24-31,36-39H,4-23,35H2,1-3H3,(H,40,41)/t24?,25-,26?,27+,28?,29?,30+,31+,33+,34+/m0/s1. The summed E-state index contributed by atoms with van der Waals surface area (Å²) in [5.41, 5.74) is 6.10. The van der Waals surface area contributed by atoms with Crippen LogP contribution in [0.3, 0.4) is 0 Å². The summed E-state index contributed by atoms with van der Waals surface area (Å²) in [7, 11) is 0. The van der Waals surface area contributed by atoms with Gasteiger partial charge in [0.05, 0.1) is 6.10 Å². The highest BCUT2D eigenvalue weighted by Gasteiger charge is 2.62. The first kappa shape index (κ1) is 33.2. The van der Waals surface area contributed by atoms with E-state index in [1.165, 1.54) is 51.4 Å². The molecule has 238 valence electrons. The smallest absolute Gasteiger partial charge is 0.303 e. The van der Waals surface area contributed by atoms with Crippen molar-refractivity contribution in [3.8, 4) is 0 Å². The summed E-state index contributed by atoms with van der Waals surface area (Å²) < 4.78 is 0. The number of rotatable bonds is 17. The molecule has 0 aromatic carbocycles. The van der Waals surface area contributed by atoms with Crippen LogP contribution in [0.2, 0.25) is 0 Å². The zero-order valence-electron chi connectivity index (χ0n) is 26.6. The van der Waals surface area contributed by atoms with Gasteiger partial charge < -0.3 is 31.9 Å². The Bertz CT molecular complexity index is 813. The maximum Gasteiger partial charge on any atom is 0.303 e. The van der Waals surface area contributed by atoms with Crippen molar-refractivity contribution < 1.29 is 15.0 Å². The zero-order valence-corrected chi connectivity index (χ0v) is 26.6. The molecule has 0 spiro atoms. The summed E-state index contributed by atoms with van der Waals surface area (Å²) in [6.07, 6.45) is 15.3. The molecule has 4 unspecified atom stereocenters. The molecular weight excluding hydrogens is 512 g/mol. The minimum Gasteiger partial charge on any atom is -0.481 e. The van der Waals surface area contributed by atoms with Gasteiger partial charge in [0.15, 0.2) is 0 Å². The average molecular weight is 577 g/mol. The minimum atomic E-state index is -0.662. The molecule has 7 heteroatoms. The third kappa shape index (κ3) is 7.87. The van der Waals surface area contributed by atoms with Gasteiger partial charge in [0, 0.05) is 12.5 Å². The fourth-order valence-corrected chi connectivity index (χ4v) is 10.5. The summed E-state index contributed by atoms with van der Waals surface area (Å²) in [4.78, 5) is 11.2. The van der Waals surface area contributed by atoms with Crippen molar-refractivity contribution in [2.24, 2.45) is 52.1 Å². The predicted octanol–water partition coefficient (Wildman–Crippen LogP) is 4.77. The highest BCUT2D eigenvalue weighted by molar-refractivity contribution is 5.66. The van der Waals surface area contributed by atoms with Gasteiger partial charge in [-0.2, -0.15) is 0 Å². The number of aliphatic hydroxyl groups excluding tert-OH is 1. The lowest BCUT2D eigenvalue weighted by molar-refractivity contribution is -0.162. The molecule has 4 saturated carbocycles. The van der Waals surface area contributed by atoms with Crippen LogP contribution < -0.4 is 21.7 Å². The molecule has 0 saturated heterocycles. The number of carbonyl (C=O) groups is 1. The second-order valence-electron chi connectivity index (χ2n) is 15.1. The van der Waals surface area contributed by atoms with Crippen LogP contribution in [-0.2, 0) is 4.79 Å². The van der Waals surface area contributed by atoms with Crippen LogP contribution in [0.4, 0.5) is 0 Å². The molecule has 0 aromatic heterocycles. The molecule has 4 fully saturated rings. The summed E-state index contributed by atoms with van der Waals surface area (Å²) in [5.74, 6) is 2.94. The second kappa shape index (κ2) is 15.3. The number of fused-ring (bicyclic) bond motifs is 5. The van der Waals surface area contributed by atoms with E-state index in [1.807, 2.05) is 0 Å². The van der Waals surface area contributed by atoms with Gasteiger partial charge in [0.2, 0.25) is 0 Å². The lowest BCUT2D eigenvalue weighted by Gasteiger charge is -2.62. The molecule has 7 nitrogen and oxygen atoms in total. The summed E-state index contributed by atoms with van der Waals surface area (Å²) >= 11 is 0. The summed E-state index contributed by atoms with van der Waals surface area (Å²) in [6, 6.07) is 0.540. The lowest BCUT2D eigenvalue weighted by Crippen LogP contribution is -2.59. The van der Waals surface area contributed by atoms with E-state index < -0.39 is 5.97 Å². The topological polar surface area (TPSA) is 120 Å². The van der Waals surface area contributed by atoms with E-state index in [-0.39, 0.29) is 11.5 Å². The highest BCUT2D eigenvalue weighted by atomic mass is 16.4. The molecule has 4 rings (SSSR count). The average Bonchev–Trinajstić information content (AvgIpc) is 3.30. The molecule has 0 aromatic rings. The number of nitrogens with one attached hydrogen (secondary N) is 3. The Labute approximate surface area is 250 Å². The van der Waals surface area contributed by atoms with Crippen molar-refractivity contribution in [1.82, 2.24) is 16.0 Å². The van der Waals surface area contributed by atoms with E-state index in [0.29, 0.717) is 47.5 Å². The largest absolute Gasteiger partial charge is 0.481 e. The minimum absolute atomic E-state index is 0.178. The first-order valence-electron chi connectivity index (χ1n) is 17.5. The van der Waals surface area contributed by atoms with E-state index in [4.69, 9.17) is 5.73 Å². The Balaban J connectivity index is 1.20. The van der Waals surface area contributed by atoms with Gasteiger partial charge in [0.1, 0.15) is 0 Å². The van der Waals surface area contributed by atoms with Crippen LogP contribution in [-0.4, -0.2) is 67.6 Å². The van der Waals surface area contributed by atoms with Crippen molar-refractivity contribution in [2.75, 3.05) is 39.3 Å². The van der Waals surface area contributed by atoms with Gasteiger partial charge in [-0.1, -0.05) is 20.8 Å². The number of aliphatic carboxylic acids is 1. The van der Waals surface area contributed by atoms with Crippen molar-refractivity contribution in [3.05, 3.63) is 0 Å². The van der Waals surface area contributed by atoms with Gasteiger partial charge in [0.25, 0.3) is 0 Å². The number of aliphatic hydroxyl groups is 1. The van der Waals surface area contributed by atoms with Crippen molar-refractivity contribution >= 4 is 5.97 Å². The third-order valence-corrected chi connectivity index (χ3v) is 12.7. The molecule has 41 heavy (non-hydrogen) atoms. The van der Waals surface area contributed by atoms with Crippen molar-refractivity contribution in [1.29, 1.82) is 0 Å². The molecule has 7 N–H and O–H groups in total. The molecule has 10 atom stereocenters. The van der Waals surface area contributed by atoms with Crippen molar-refractivity contribution in [3.63, 3.8) is 0 Å². The van der Waals surface area contributed by atoms with Gasteiger partial charge >= 0.3 is 5.97 Å². The first-order chi connectivity index (χ1) is 19.7. The normalized spacial score (nSPS) is 39.1. The molecule has 0 heterocycles. The lowest BCUT2D eigenvalue weighted by atomic mass is 9.43. The van der Waals surface area contributed by atoms with E-state index in [2.05, 4.69) is 36.7 Å². The Morgan fingerprint density at radius 2 is 1.51 bits per heavy atom. The Kier molecular flexibility index (Phi) is 12.4. The van der Waals surface area contributed by atoms with E-state index in [0.717, 1.165) is 77.3 Å². The SMILES string of the molecule is CC(CCC(=O)O)[C@H]1CCC2C3C[C@@H](O)[C@H]4C[C@@H](NCCCNCCCCNCCCN)CC[C@]4(C)C3CC[C@@]21C. The Hall–Kier alpha value is -0.730. The number of unbranched alkanes of at least 4 members (excludes halogenated alkanes) is 1. The molecule has 0 aliphatic heterocycles. The zero-order chi connectivity index (χ0) is 29.5. The number of carboxylic acids is 1. The van der Waals surface area contributed by atoms with Crippen LogP contribution in [0, 0.1) is 46.3 Å². The van der Waals surface area contributed by atoms with E-state index in [9.17, 15) is 15.0 Å². The van der Waals surface area contributed by atoms with Gasteiger partial charge in [-0.25, -0.2) is 0 Å². The van der Waals surface area contributed by atoms with Gasteiger partial charge in [-0.3, -0.25) is 4.79 Å². The fourth-order valence-electron chi connectivity index (χ4n) is 10.5. The number of carboxylic acid groups (broad SMARTS) is 1. The van der Waals surface area contributed by atoms with Crippen LogP contribution in [0.5, 0.6) is 0 Å². The molecule has 0 radical (unpaired) electrons. The van der Waals surface area contributed by atoms with Crippen LogP contribution in [0.1, 0.15) is 111 Å². The summed E-state index contributed by atoms with van der Waals surface area (Å²) in [5, 5.41) is 31.8. The van der Waals surface area contributed by atoms with Crippen LogP contribution >= 0.6 is 0 Å². The Morgan fingerprint density at radius 3 is 2.22 bits per heavy atom. The third-order valence-electron chi connectivity index (χ3n) is 12.7. The highest BCUT2D eigenvalue weighted by Crippen LogP contribution is 2.68. The van der Waals surface area contributed by atoms with Crippen LogP contribution in [0.25, 0.3) is 0 Å². The maximum absolute atomic E-state index is 11.6. The summed E-state index contributed by atoms with van der Waals surface area (Å²) in [6.45, 7) is 13.5. The number of nitrogens with two attached hydrogens (primary N) is 1. The molecule has 0 amide bonds. The van der Waals surface area contributed by atoms with E-state index >= 15 is 0 Å². The molecular formula is C34H64N4O3. The molecule has 0 bridgehead atoms. The fraction of sp³-hybridized carbons (Fsp3) is 0.971. The van der Waals surface area contributed by atoms with Crippen LogP contribution in [0.15, 0.2) is 0 Å².